The number of halogens is 1. The van der Waals surface area contributed by atoms with E-state index in [1.807, 2.05) is 23.6 Å². The van der Waals surface area contributed by atoms with Crippen LogP contribution in [0.25, 0.3) is 11.3 Å². The van der Waals surface area contributed by atoms with Crippen molar-refractivity contribution >= 4 is 37.9 Å². The van der Waals surface area contributed by atoms with E-state index < -0.39 is 15.1 Å². The first-order chi connectivity index (χ1) is 15.9. The van der Waals surface area contributed by atoms with E-state index in [1.165, 1.54) is 24.5 Å². The van der Waals surface area contributed by atoms with Gasteiger partial charge in [0.1, 0.15) is 22.1 Å². The van der Waals surface area contributed by atoms with E-state index >= 15 is 0 Å². The highest BCUT2D eigenvalue weighted by atomic mass is 35.5. The molecule has 4 rings (SSSR count). The molecule has 0 amide bonds. The topological polar surface area (TPSA) is 78.0 Å². The lowest BCUT2D eigenvalue weighted by Gasteiger charge is -2.31. The Hall–Kier alpha value is -2.49. The number of piperidine rings is 1. The van der Waals surface area contributed by atoms with E-state index in [0.717, 1.165) is 16.4 Å². The van der Waals surface area contributed by atoms with Crippen LogP contribution in [0, 0.1) is 0 Å². The van der Waals surface area contributed by atoms with Crippen molar-refractivity contribution in [2.45, 2.75) is 23.0 Å². The number of thiazole rings is 1. The molecule has 1 aliphatic rings. The molecule has 33 heavy (non-hydrogen) atoms. The quantitative estimate of drug-likeness (QED) is 0.447. The molecule has 0 saturated carbocycles. The Balaban J connectivity index is 1.50. The van der Waals surface area contributed by atoms with Gasteiger partial charge in [0.05, 0.1) is 32.3 Å². The summed E-state index contributed by atoms with van der Waals surface area (Å²) in [5, 5.41) is 2.72. The molecule has 1 aliphatic heterocycles. The fourth-order valence-electron chi connectivity index (χ4n) is 3.95. The molecule has 0 N–H and O–H groups in total. The lowest BCUT2D eigenvalue weighted by molar-refractivity contribution is 0.395. The Morgan fingerprint density at radius 2 is 1.73 bits per heavy atom. The van der Waals surface area contributed by atoms with Crippen LogP contribution in [0.5, 0.6) is 17.2 Å². The largest absolute Gasteiger partial charge is 0.497 e. The molecule has 7 nitrogen and oxygen atoms in total. The summed E-state index contributed by atoms with van der Waals surface area (Å²) in [4.78, 5) is 7.07. The molecule has 0 bridgehead atoms. The van der Waals surface area contributed by atoms with E-state index in [-0.39, 0.29) is 4.90 Å². The summed E-state index contributed by atoms with van der Waals surface area (Å²) in [6.45, 7) is 1.19. The Bertz CT molecular complexity index is 1240. The van der Waals surface area contributed by atoms with E-state index in [2.05, 4.69) is 4.90 Å². The first-order valence-corrected chi connectivity index (χ1v) is 13.2. The number of rotatable bonds is 7. The minimum Gasteiger partial charge on any atom is -0.497 e. The van der Waals surface area contributed by atoms with Crippen molar-refractivity contribution in [1.29, 1.82) is 0 Å². The molecular weight excluding hydrogens is 484 g/mol. The smallest absolute Gasteiger partial charge is 0.185 e. The van der Waals surface area contributed by atoms with Crippen molar-refractivity contribution in [2.75, 3.05) is 39.3 Å². The summed E-state index contributed by atoms with van der Waals surface area (Å²) < 4.78 is 42.6. The highest BCUT2D eigenvalue weighted by Crippen LogP contribution is 2.38. The first kappa shape index (κ1) is 23.7. The van der Waals surface area contributed by atoms with Crippen LogP contribution in [0.3, 0.4) is 0 Å². The van der Waals surface area contributed by atoms with E-state index in [0.29, 0.717) is 48.2 Å². The van der Waals surface area contributed by atoms with Crippen LogP contribution >= 0.6 is 22.9 Å². The summed E-state index contributed by atoms with van der Waals surface area (Å²) in [6, 6.07) is 10.3. The van der Waals surface area contributed by atoms with Crippen molar-refractivity contribution in [3.8, 4) is 28.5 Å². The normalized spacial score (nSPS) is 14.8. The van der Waals surface area contributed by atoms with Crippen LogP contribution in [-0.4, -0.2) is 53.1 Å². The maximum Gasteiger partial charge on any atom is 0.185 e. The van der Waals surface area contributed by atoms with Crippen molar-refractivity contribution in [1.82, 2.24) is 4.98 Å². The third kappa shape index (κ3) is 4.76. The molecule has 3 aromatic rings. The maximum absolute atomic E-state index is 13.3. The van der Waals surface area contributed by atoms with Crippen molar-refractivity contribution < 1.29 is 22.6 Å². The monoisotopic (exact) mass is 508 g/mol. The molecule has 0 aliphatic carbocycles. The van der Waals surface area contributed by atoms with Crippen LogP contribution in [0.2, 0.25) is 5.02 Å². The third-order valence-corrected chi connectivity index (χ3v) is 9.18. The summed E-state index contributed by atoms with van der Waals surface area (Å²) in [7, 11) is 1.12. The minimum absolute atomic E-state index is 0.152. The van der Waals surface area contributed by atoms with Crippen molar-refractivity contribution in [3.63, 3.8) is 0 Å². The first-order valence-electron chi connectivity index (χ1n) is 10.4. The van der Waals surface area contributed by atoms with Gasteiger partial charge in [-0.3, -0.25) is 0 Å². The number of ether oxygens (including phenoxy) is 3. The van der Waals surface area contributed by atoms with Crippen LogP contribution < -0.4 is 19.1 Å². The third-order valence-electron chi connectivity index (χ3n) is 5.76. The zero-order chi connectivity index (χ0) is 23.6. The zero-order valence-electron chi connectivity index (χ0n) is 18.6. The van der Waals surface area contributed by atoms with Crippen molar-refractivity contribution in [3.05, 3.63) is 46.8 Å². The van der Waals surface area contributed by atoms with Gasteiger partial charge < -0.3 is 19.1 Å². The summed E-state index contributed by atoms with van der Waals surface area (Å²) in [6.07, 6.45) is 0.998. The van der Waals surface area contributed by atoms with Crippen LogP contribution in [0.15, 0.2) is 46.7 Å². The van der Waals surface area contributed by atoms with Gasteiger partial charge in [-0.15, -0.1) is 11.3 Å². The fraction of sp³-hybridized carbons (Fsp3) is 0.348. The molecular formula is C23H25ClN2O5S2. The predicted molar refractivity (Wildman–Crippen MR) is 131 cm³/mol. The average molecular weight is 509 g/mol. The average Bonchev–Trinajstić information content (AvgIpc) is 3.33. The fourth-order valence-corrected chi connectivity index (χ4v) is 6.98. The predicted octanol–water partition coefficient (Wildman–Crippen LogP) is 4.93. The number of methoxy groups -OCH3 is 3. The molecule has 2 heterocycles. The van der Waals surface area contributed by atoms with Crippen LogP contribution in [0.1, 0.15) is 12.8 Å². The Morgan fingerprint density at radius 3 is 2.39 bits per heavy atom. The molecule has 0 unspecified atom stereocenters. The SMILES string of the molecule is COc1ccc(-c2csc(N3CCC(S(=O)(=O)c4cc(Cl)ccc4OC)CC3)n2)c(OC)c1. The summed E-state index contributed by atoms with van der Waals surface area (Å²) in [5.74, 6) is 1.72. The maximum atomic E-state index is 13.3. The zero-order valence-corrected chi connectivity index (χ0v) is 21.0. The molecule has 1 saturated heterocycles. The van der Waals surface area contributed by atoms with Gasteiger partial charge in [0.15, 0.2) is 15.0 Å². The lowest BCUT2D eigenvalue weighted by Crippen LogP contribution is -2.39. The second-order valence-electron chi connectivity index (χ2n) is 7.61. The van der Waals surface area contributed by atoms with Gasteiger partial charge in [0.2, 0.25) is 0 Å². The van der Waals surface area contributed by atoms with E-state index in [1.54, 1.807) is 26.4 Å². The number of hydrogen-bond acceptors (Lipinski definition) is 8. The number of hydrogen-bond donors (Lipinski definition) is 0. The van der Waals surface area contributed by atoms with E-state index in [9.17, 15) is 8.42 Å². The molecule has 0 radical (unpaired) electrons. The molecule has 0 spiro atoms. The van der Waals surface area contributed by atoms with E-state index in [4.69, 9.17) is 30.8 Å². The van der Waals surface area contributed by atoms with Gasteiger partial charge in [-0.05, 0) is 43.2 Å². The molecule has 1 aromatic heterocycles. The molecule has 0 atom stereocenters. The standard InChI is InChI=1S/C23H25ClN2O5S2/c1-29-16-5-6-18(21(13-16)31-3)19-14-32-23(25-19)26-10-8-17(9-11-26)33(27,28)22-12-15(24)4-7-20(22)30-2/h4-7,12-14,17H,8-11H2,1-3H3. The Morgan fingerprint density at radius 1 is 1.00 bits per heavy atom. The van der Waals surface area contributed by atoms with Gasteiger partial charge >= 0.3 is 0 Å². The van der Waals surface area contributed by atoms with Gasteiger partial charge in [-0.1, -0.05) is 11.6 Å². The molecule has 176 valence electrons. The second kappa shape index (κ2) is 9.79. The van der Waals surface area contributed by atoms with Gasteiger partial charge in [-0.25, -0.2) is 13.4 Å². The van der Waals surface area contributed by atoms with Gasteiger partial charge in [0.25, 0.3) is 0 Å². The second-order valence-corrected chi connectivity index (χ2v) is 11.1. The number of anilines is 1. The lowest BCUT2D eigenvalue weighted by atomic mass is 10.1. The number of aromatic nitrogens is 1. The highest BCUT2D eigenvalue weighted by Gasteiger charge is 2.34. The number of benzene rings is 2. The summed E-state index contributed by atoms with van der Waals surface area (Å²) >= 11 is 7.60. The minimum atomic E-state index is -3.57. The number of sulfone groups is 1. The number of nitrogens with zero attached hydrogens (tertiary/aromatic N) is 2. The Labute approximate surface area is 202 Å². The van der Waals surface area contributed by atoms with Crippen LogP contribution in [-0.2, 0) is 9.84 Å². The molecule has 10 heteroatoms. The summed E-state index contributed by atoms with van der Waals surface area (Å²) in [5.41, 5.74) is 1.69. The molecule has 2 aromatic carbocycles. The van der Waals surface area contributed by atoms with Crippen LogP contribution in [0.4, 0.5) is 5.13 Å². The molecule has 1 fully saturated rings. The van der Waals surface area contributed by atoms with Crippen molar-refractivity contribution in [2.24, 2.45) is 0 Å². The highest BCUT2D eigenvalue weighted by molar-refractivity contribution is 7.92. The van der Waals surface area contributed by atoms with Gasteiger partial charge in [0, 0.05) is 35.1 Å². The Kier molecular flexibility index (Phi) is 7.02. The van der Waals surface area contributed by atoms with Gasteiger partial charge in [-0.2, -0.15) is 0 Å².